The molecule has 0 aromatic rings. The molecule has 7 heteroatoms. The number of aliphatic carboxylic acids is 1. The number of carboxylic acids is 1. The number of carbonyl (C=O) groups is 1. The van der Waals surface area contributed by atoms with Crippen molar-refractivity contribution in [1.29, 1.82) is 0 Å². The minimum absolute atomic E-state index is 0.0790. The van der Waals surface area contributed by atoms with Crippen LogP contribution in [-0.2, 0) is 23.7 Å². The first kappa shape index (κ1) is 32.3. The molecule has 224 valence electrons. The van der Waals surface area contributed by atoms with E-state index in [1.54, 1.807) is 0 Å². The lowest BCUT2D eigenvalue weighted by molar-refractivity contribution is -0.193. The van der Waals surface area contributed by atoms with Gasteiger partial charge in [-0.1, -0.05) is 50.0 Å². The van der Waals surface area contributed by atoms with E-state index in [1.807, 2.05) is 0 Å². The van der Waals surface area contributed by atoms with E-state index < -0.39 is 12.1 Å². The van der Waals surface area contributed by atoms with Crippen molar-refractivity contribution < 1.29 is 34.0 Å². The number of carboxylic acid groups (broad SMARTS) is 1. The van der Waals surface area contributed by atoms with Crippen LogP contribution in [0.3, 0.4) is 0 Å². The van der Waals surface area contributed by atoms with Crippen molar-refractivity contribution in [2.24, 2.45) is 17.8 Å². The summed E-state index contributed by atoms with van der Waals surface area (Å²) in [6, 6.07) is 0. The summed E-state index contributed by atoms with van der Waals surface area (Å²) in [6.45, 7) is 7.98. The smallest absolute Gasteiger partial charge is 0.303 e. The van der Waals surface area contributed by atoms with Crippen molar-refractivity contribution >= 4 is 5.97 Å². The first-order chi connectivity index (χ1) is 18.8. The van der Waals surface area contributed by atoms with E-state index in [2.05, 4.69) is 39.0 Å². The van der Waals surface area contributed by atoms with Gasteiger partial charge in [0, 0.05) is 32.0 Å². The number of aliphatic hydroxyl groups excluding tert-OH is 1. The van der Waals surface area contributed by atoms with Crippen LogP contribution >= 0.6 is 0 Å². The zero-order valence-electron chi connectivity index (χ0n) is 24.6. The topological polar surface area (TPSA) is 94.5 Å². The normalized spacial score (nSPS) is 31.3. The molecular weight excluding hydrogens is 496 g/mol. The van der Waals surface area contributed by atoms with E-state index in [1.165, 1.54) is 5.57 Å². The molecule has 0 amide bonds. The van der Waals surface area contributed by atoms with Crippen LogP contribution in [0.5, 0.6) is 0 Å². The maximum Gasteiger partial charge on any atom is 0.303 e. The molecule has 0 aromatic carbocycles. The van der Waals surface area contributed by atoms with E-state index in [0.717, 1.165) is 83.8 Å². The van der Waals surface area contributed by atoms with Crippen molar-refractivity contribution in [2.45, 2.75) is 142 Å². The second-order valence-electron chi connectivity index (χ2n) is 12.1. The molecule has 39 heavy (non-hydrogen) atoms. The van der Waals surface area contributed by atoms with Crippen LogP contribution in [-0.4, -0.2) is 60.3 Å². The van der Waals surface area contributed by atoms with Gasteiger partial charge in [-0.05, 0) is 83.5 Å². The Hall–Kier alpha value is -1.25. The van der Waals surface area contributed by atoms with Crippen LogP contribution in [0.15, 0.2) is 23.8 Å². The zero-order chi connectivity index (χ0) is 28.0. The SMILES string of the molecule is CC(C)=CCC(C)C(/C=C/[C@@H]1[C@@H](CCCCCCC(=O)O)[C@@H](O)C[C@H]1OC1CCCCO1)OC1CCCCO1. The van der Waals surface area contributed by atoms with Gasteiger partial charge in [0.25, 0.3) is 0 Å². The predicted molar refractivity (Wildman–Crippen MR) is 152 cm³/mol. The Bertz CT molecular complexity index is 750. The average molecular weight is 551 g/mol. The Kier molecular flexibility index (Phi) is 14.5. The molecule has 3 rings (SSSR count). The van der Waals surface area contributed by atoms with Crippen LogP contribution in [0.4, 0.5) is 0 Å². The molecule has 1 aliphatic carbocycles. The summed E-state index contributed by atoms with van der Waals surface area (Å²) in [7, 11) is 0. The molecule has 2 heterocycles. The summed E-state index contributed by atoms with van der Waals surface area (Å²) < 4.78 is 24.8. The highest BCUT2D eigenvalue weighted by atomic mass is 16.7. The van der Waals surface area contributed by atoms with E-state index in [-0.39, 0.29) is 43.0 Å². The third-order valence-electron chi connectivity index (χ3n) is 8.46. The van der Waals surface area contributed by atoms with Crippen molar-refractivity contribution in [2.75, 3.05) is 13.2 Å². The van der Waals surface area contributed by atoms with Crippen LogP contribution in [0.25, 0.3) is 0 Å². The van der Waals surface area contributed by atoms with Crippen molar-refractivity contribution in [3.05, 3.63) is 23.8 Å². The number of hydrogen-bond donors (Lipinski definition) is 2. The first-order valence-corrected chi connectivity index (χ1v) is 15.6. The molecule has 0 spiro atoms. The van der Waals surface area contributed by atoms with E-state index >= 15 is 0 Å². The molecule has 2 saturated heterocycles. The van der Waals surface area contributed by atoms with Gasteiger partial charge < -0.3 is 29.2 Å². The molecule has 3 fully saturated rings. The Balaban J connectivity index is 1.70. The van der Waals surface area contributed by atoms with Crippen LogP contribution < -0.4 is 0 Å². The van der Waals surface area contributed by atoms with Gasteiger partial charge in [0.15, 0.2) is 12.6 Å². The highest BCUT2D eigenvalue weighted by molar-refractivity contribution is 5.66. The van der Waals surface area contributed by atoms with E-state index in [4.69, 9.17) is 24.1 Å². The number of ether oxygens (including phenoxy) is 4. The summed E-state index contributed by atoms with van der Waals surface area (Å²) in [5.74, 6) is -0.250. The molecule has 1 saturated carbocycles. The highest BCUT2D eigenvalue weighted by Gasteiger charge is 2.43. The van der Waals surface area contributed by atoms with Gasteiger partial charge in [-0.2, -0.15) is 0 Å². The zero-order valence-corrected chi connectivity index (χ0v) is 24.6. The average Bonchev–Trinajstić information content (AvgIpc) is 3.21. The third kappa shape index (κ3) is 11.6. The van der Waals surface area contributed by atoms with E-state index in [9.17, 15) is 9.90 Å². The fraction of sp³-hybridized carbons (Fsp3) is 0.844. The molecule has 7 nitrogen and oxygen atoms in total. The maximum atomic E-state index is 11.1. The van der Waals surface area contributed by atoms with Crippen molar-refractivity contribution in [3.8, 4) is 0 Å². The summed E-state index contributed by atoms with van der Waals surface area (Å²) in [6.07, 6.45) is 18.3. The summed E-state index contributed by atoms with van der Waals surface area (Å²) in [5.41, 5.74) is 1.31. The molecule has 0 radical (unpaired) electrons. The Morgan fingerprint density at radius 1 is 1.00 bits per heavy atom. The second kappa shape index (κ2) is 17.5. The maximum absolute atomic E-state index is 11.1. The largest absolute Gasteiger partial charge is 0.481 e. The van der Waals surface area contributed by atoms with Gasteiger partial charge in [0.2, 0.25) is 0 Å². The Morgan fingerprint density at radius 3 is 2.33 bits per heavy atom. The van der Waals surface area contributed by atoms with Crippen LogP contribution in [0.2, 0.25) is 0 Å². The number of unbranched alkanes of at least 4 members (excludes halogenated alkanes) is 3. The summed E-state index contributed by atoms with van der Waals surface area (Å²) in [5, 5.41) is 20.0. The Morgan fingerprint density at radius 2 is 1.69 bits per heavy atom. The molecule has 0 aromatic heterocycles. The molecule has 2 aliphatic heterocycles. The molecule has 2 N–H and O–H groups in total. The minimum Gasteiger partial charge on any atom is -0.481 e. The van der Waals surface area contributed by atoms with Crippen LogP contribution in [0.1, 0.15) is 111 Å². The molecular formula is C32H54O7. The van der Waals surface area contributed by atoms with Gasteiger partial charge in [0.05, 0.1) is 18.3 Å². The van der Waals surface area contributed by atoms with Gasteiger partial charge in [0.1, 0.15) is 0 Å². The van der Waals surface area contributed by atoms with Crippen molar-refractivity contribution in [3.63, 3.8) is 0 Å². The molecule has 3 aliphatic rings. The van der Waals surface area contributed by atoms with Gasteiger partial charge in [-0.15, -0.1) is 0 Å². The lowest BCUT2D eigenvalue weighted by Crippen LogP contribution is -2.32. The van der Waals surface area contributed by atoms with Gasteiger partial charge in [-0.3, -0.25) is 4.79 Å². The molecule has 0 bridgehead atoms. The summed E-state index contributed by atoms with van der Waals surface area (Å²) in [4.78, 5) is 10.8. The predicted octanol–water partition coefficient (Wildman–Crippen LogP) is 6.78. The lowest BCUT2D eigenvalue weighted by atomic mass is 9.87. The Labute approximate surface area is 236 Å². The monoisotopic (exact) mass is 550 g/mol. The van der Waals surface area contributed by atoms with E-state index in [0.29, 0.717) is 18.8 Å². The first-order valence-electron chi connectivity index (χ1n) is 15.6. The molecule has 4 unspecified atom stereocenters. The number of hydrogen-bond acceptors (Lipinski definition) is 6. The van der Waals surface area contributed by atoms with Gasteiger partial charge in [-0.25, -0.2) is 0 Å². The fourth-order valence-electron chi connectivity index (χ4n) is 6.08. The molecule has 8 atom stereocenters. The minimum atomic E-state index is -0.731. The second-order valence-corrected chi connectivity index (χ2v) is 12.1. The van der Waals surface area contributed by atoms with Crippen LogP contribution in [0, 0.1) is 17.8 Å². The summed E-state index contributed by atoms with van der Waals surface area (Å²) >= 11 is 0. The lowest BCUT2D eigenvalue weighted by Gasteiger charge is -2.31. The third-order valence-corrected chi connectivity index (χ3v) is 8.46. The van der Waals surface area contributed by atoms with Crippen molar-refractivity contribution in [1.82, 2.24) is 0 Å². The number of aliphatic hydroxyl groups is 1. The highest BCUT2D eigenvalue weighted by Crippen LogP contribution is 2.40. The number of rotatable bonds is 16. The quantitative estimate of drug-likeness (QED) is 0.162. The number of allylic oxidation sites excluding steroid dienone is 2. The van der Waals surface area contributed by atoms with Gasteiger partial charge >= 0.3 is 5.97 Å². The standard InChI is InChI=1S/C32H54O7/c1-23(2)16-17-24(3)28(38-31-14-8-10-20-36-31)19-18-26-25(12-6-4-5-7-13-30(34)35)27(33)22-29(26)39-32-15-9-11-21-37-32/h16,18-19,24-29,31-33H,4-15,17,20-22H2,1-3H3,(H,34,35)/b19-18+/t24?,25-,26-,27+,28?,29-,31?,32?/m1/s1. The fourth-order valence-corrected chi connectivity index (χ4v) is 6.08.